The monoisotopic (exact) mass is 350 g/mol. The number of hydrogen-bond acceptors (Lipinski definition) is 1. The van der Waals surface area contributed by atoms with Gasteiger partial charge in [0, 0.05) is 17.0 Å². The number of rotatable bonds is 3. The van der Waals surface area contributed by atoms with Crippen molar-refractivity contribution in [1.82, 2.24) is 0 Å². The van der Waals surface area contributed by atoms with E-state index in [4.69, 9.17) is 34.8 Å². The van der Waals surface area contributed by atoms with Gasteiger partial charge in [-0.05, 0) is 36.8 Å². The zero-order valence-electron chi connectivity index (χ0n) is 10.9. The fourth-order valence-corrected chi connectivity index (χ4v) is 2.78. The largest absolute Gasteiger partial charge is 0.385 e. The molecule has 0 heterocycles. The average Bonchev–Trinajstić information content (AvgIpc) is 2.37. The van der Waals surface area contributed by atoms with Gasteiger partial charge in [-0.1, -0.05) is 40.9 Å². The maximum absolute atomic E-state index is 13.6. The second kappa shape index (κ2) is 6.09. The number of hydrogen-bond donors (Lipinski definition) is 1. The van der Waals surface area contributed by atoms with Crippen molar-refractivity contribution in [3.63, 3.8) is 0 Å². The summed E-state index contributed by atoms with van der Waals surface area (Å²) in [5, 5.41) is 10.6. The maximum Gasteiger partial charge on any atom is 0.142 e. The van der Waals surface area contributed by atoms with Gasteiger partial charge in [-0.25, -0.2) is 8.78 Å². The molecule has 2 aromatic carbocycles. The van der Waals surface area contributed by atoms with Crippen molar-refractivity contribution in [3.8, 4) is 0 Å². The lowest BCUT2D eigenvalue weighted by molar-refractivity contribution is 0.0573. The van der Waals surface area contributed by atoms with Crippen LogP contribution in [0.3, 0.4) is 0 Å². The van der Waals surface area contributed by atoms with Gasteiger partial charge < -0.3 is 5.11 Å². The highest BCUT2D eigenvalue weighted by atomic mass is 35.5. The molecule has 1 N–H and O–H groups in total. The third kappa shape index (κ3) is 3.67. The van der Waals surface area contributed by atoms with Crippen LogP contribution in [0.5, 0.6) is 0 Å². The van der Waals surface area contributed by atoms with Crippen molar-refractivity contribution in [3.05, 3.63) is 68.2 Å². The van der Waals surface area contributed by atoms with E-state index in [0.29, 0.717) is 5.56 Å². The van der Waals surface area contributed by atoms with Crippen LogP contribution in [-0.4, -0.2) is 5.11 Å². The Kier molecular flexibility index (Phi) is 4.79. The van der Waals surface area contributed by atoms with Gasteiger partial charge >= 0.3 is 0 Å². The molecule has 0 spiro atoms. The Balaban J connectivity index is 2.37. The third-order valence-electron chi connectivity index (χ3n) is 3.12. The molecule has 0 aliphatic heterocycles. The molecular formula is C15H11Cl3F2O. The Morgan fingerprint density at radius 2 is 1.57 bits per heavy atom. The Morgan fingerprint density at radius 3 is 2.19 bits per heavy atom. The van der Waals surface area contributed by atoms with Crippen molar-refractivity contribution in [2.24, 2.45) is 0 Å². The molecular weight excluding hydrogens is 341 g/mol. The third-order valence-corrected chi connectivity index (χ3v) is 4.03. The van der Waals surface area contributed by atoms with Crippen molar-refractivity contribution in [2.45, 2.75) is 18.9 Å². The minimum absolute atomic E-state index is 0.00559. The van der Waals surface area contributed by atoms with E-state index in [1.165, 1.54) is 25.1 Å². The quantitative estimate of drug-likeness (QED) is 0.737. The summed E-state index contributed by atoms with van der Waals surface area (Å²) in [6.45, 7) is 1.47. The van der Waals surface area contributed by atoms with Crippen LogP contribution in [0.25, 0.3) is 0 Å². The predicted molar refractivity (Wildman–Crippen MR) is 81.1 cm³/mol. The van der Waals surface area contributed by atoms with Gasteiger partial charge in [0.05, 0.1) is 15.6 Å². The van der Waals surface area contributed by atoms with E-state index in [-0.39, 0.29) is 27.1 Å². The average molecular weight is 352 g/mol. The summed E-state index contributed by atoms with van der Waals surface area (Å²) >= 11 is 17.2. The summed E-state index contributed by atoms with van der Waals surface area (Å²) in [6, 6.07) is 6.50. The molecule has 0 aromatic heterocycles. The molecule has 0 bridgehead atoms. The van der Waals surface area contributed by atoms with E-state index in [9.17, 15) is 13.9 Å². The molecule has 1 nitrogen and oxygen atoms in total. The Bertz CT molecular complexity index is 687. The lowest BCUT2D eigenvalue weighted by atomic mass is 9.89. The van der Waals surface area contributed by atoms with Gasteiger partial charge in [0.25, 0.3) is 0 Å². The van der Waals surface area contributed by atoms with Crippen LogP contribution >= 0.6 is 34.8 Å². The smallest absolute Gasteiger partial charge is 0.142 e. The lowest BCUT2D eigenvalue weighted by Crippen LogP contribution is -2.25. The normalized spacial score (nSPS) is 14.0. The summed E-state index contributed by atoms with van der Waals surface area (Å²) in [7, 11) is 0. The van der Waals surface area contributed by atoms with Crippen LogP contribution in [0.2, 0.25) is 15.1 Å². The van der Waals surface area contributed by atoms with Crippen LogP contribution in [0.15, 0.2) is 30.3 Å². The van der Waals surface area contributed by atoms with E-state index in [0.717, 1.165) is 6.07 Å². The van der Waals surface area contributed by atoms with Crippen LogP contribution in [0, 0.1) is 11.6 Å². The molecule has 2 rings (SSSR count). The first kappa shape index (κ1) is 16.5. The SMILES string of the molecule is CC(O)(Cc1ccc(Cl)c(F)c1)c1cc(F)c(Cl)cc1Cl. The summed E-state index contributed by atoms with van der Waals surface area (Å²) in [4.78, 5) is 0. The van der Waals surface area contributed by atoms with Crippen molar-refractivity contribution in [2.75, 3.05) is 0 Å². The Labute approximate surface area is 136 Å². The predicted octanol–water partition coefficient (Wildman–Crippen LogP) is 5.38. The summed E-state index contributed by atoms with van der Waals surface area (Å²) < 4.78 is 27.0. The number of aliphatic hydroxyl groups is 1. The van der Waals surface area contributed by atoms with Crippen LogP contribution in [0.4, 0.5) is 8.78 Å². The minimum Gasteiger partial charge on any atom is -0.385 e. The molecule has 2 aromatic rings. The van der Waals surface area contributed by atoms with E-state index < -0.39 is 17.2 Å². The van der Waals surface area contributed by atoms with Gasteiger partial charge in [-0.3, -0.25) is 0 Å². The van der Waals surface area contributed by atoms with Crippen molar-refractivity contribution >= 4 is 34.8 Å². The highest BCUT2D eigenvalue weighted by molar-refractivity contribution is 6.35. The van der Waals surface area contributed by atoms with Gasteiger partial charge in [0.2, 0.25) is 0 Å². The van der Waals surface area contributed by atoms with Crippen molar-refractivity contribution in [1.29, 1.82) is 0 Å². The molecule has 0 radical (unpaired) electrons. The molecule has 6 heteroatoms. The second-order valence-corrected chi connectivity index (χ2v) is 6.17. The van der Waals surface area contributed by atoms with E-state index >= 15 is 0 Å². The minimum atomic E-state index is -1.48. The molecule has 112 valence electrons. The van der Waals surface area contributed by atoms with Crippen LogP contribution < -0.4 is 0 Å². The second-order valence-electron chi connectivity index (χ2n) is 4.95. The lowest BCUT2D eigenvalue weighted by Gasteiger charge is -2.25. The molecule has 1 atom stereocenters. The van der Waals surface area contributed by atoms with E-state index in [1.54, 1.807) is 6.07 Å². The van der Waals surface area contributed by atoms with Gasteiger partial charge in [-0.15, -0.1) is 0 Å². The molecule has 0 saturated carbocycles. The molecule has 1 unspecified atom stereocenters. The molecule has 0 aliphatic carbocycles. The maximum atomic E-state index is 13.6. The molecule has 0 fully saturated rings. The molecule has 21 heavy (non-hydrogen) atoms. The van der Waals surface area contributed by atoms with Crippen LogP contribution in [-0.2, 0) is 12.0 Å². The highest BCUT2D eigenvalue weighted by Gasteiger charge is 2.28. The van der Waals surface area contributed by atoms with E-state index in [1.807, 2.05) is 0 Å². The highest BCUT2D eigenvalue weighted by Crippen LogP contribution is 2.34. The zero-order chi connectivity index (χ0) is 15.8. The Morgan fingerprint density at radius 1 is 0.952 bits per heavy atom. The summed E-state index contributed by atoms with van der Waals surface area (Å²) in [5.74, 6) is -1.27. The molecule has 0 amide bonds. The molecule has 0 saturated heterocycles. The molecule has 0 aliphatic rings. The topological polar surface area (TPSA) is 20.2 Å². The van der Waals surface area contributed by atoms with Gasteiger partial charge in [-0.2, -0.15) is 0 Å². The van der Waals surface area contributed by atoms with Crippen LogP contribution in [0.1, 0.15) is 18.1 Å². The Hall–Kier alpha value is -0.870. The standard InChI is InChI=1S/C15H11Cl3F2O/c1-15(21,7-8-2-3-10(16)13(19)4-8)9-5-14(20)12(18)6-11(9)17/h2-6,21H,7H2,1H3. The zero-order valence-corrected chi connectivity index (χ0v) is 13.2. The number of halogens is 5. The number of benzene rings is 2. The summed E-state index contributed by atoms with van der Waals surface area (Å²) in [5.41, 5.74) is -0.794. The van der Waals surface area contributed by atoms with Gasteiger partial charge in [0.1, 0.15) is 11.6 Å². The van der Waals surface area contributed by atoms with Gasteiger partial charge in [0.15, 0.2) is 0 Å². The fourth-order valence-electron chi connectivity index (χ4n) is 2.08. The van der Waals surface area contributed by atoms with Crippen molar-refractivity contribution < 1.29 is 13.9 Å². The summed E-state index contributed by atoms with van der Waals surface area (Å²) in [6.07, 6.45) is 0.0435. The first-order valence-corrected chi connectivity index (χ1v) is 7.15. The fraction of sp³-hybridized carbons (Fsp3) is 0.200. The first-order valence-electron chi connectivity index (χ1n) is 6.02. The first-order chi connectivity index (χ1) is 9.70. The van der Waals surface area contributed by atoms with E-state index in [2.05, 4.69) is 0 Å².